The minimum atomic E-state index is -0.0240. The molecule has 0 radical (unpaired) electrons. The van der Waals surface area contributed by atoms with Crippen LogP contribution in [-0.2, 0) is 6.54 Å². The molecular formula is C16H22N4O. The second kappa shape index (κ2) is 6.43. The first kappa shape index (κ1) is 15.1. The molecule has 0 saturated heterocycles. The van der Waals surface area contributed by atoms with Crippen LogP contribution < -0.4 is 10.6 Å². The van der Waals surface area contributed by atoms with E-state index in [9.17, 15) is 4.79 Å². The van der Waals surface area contributed by atoms with Crippen molar-refractivity contribution in [3.05, 3.63) is 41.7 Å². The Labute approximate surface area is 125 Å². The van der Waals surface area contributed by atoms with Gasteiger partial charge in [0.15, 0.2) is 0 Å². The average Bonchev–Trinajstić information content (AvgIpc) is 2.86. The molecule has 1 amide bonds. The van der Waals surface area contributed by atoms with E-state index in [0.29, 0.717) is 24.5 Å². The first-order chi connectivity index (χ1) is 10.1. The van der Waals surface area contributed by atoms with E-state index < -0.39 is 0 Å². The predicted octanol–water partition coefficient (Wildman–Crippen LogP) is 2.85. The number of amides is 1. The molecule has 2 aromatic rings. The second-order valence-electron chi connectivity index (χ2n) is 5.04. The molecule has 2 N–H and O–H groups in total. The first-order valence-electron chi connectivity index (χ1n) is 7.28. The molecule has 21 heavy (non-hydrogen) atoms. The quantitative estimate of drug-likeness (QED) is 0.860. The van der Waals surface area contributed by atoms with Crippen LogP contribution in [0.4, 0.5) is 11.4 Å². The van der Waals surface area contributed by atoms with Gasteiger partial charge in [0.05, 0.1) is 5.69 Å². The Kier molecular flexibility index (Phi) is 4.62. The number of nitrogens with two attached hydrogens (primary N) is 1. The largest absolute Gasteiger partial charge is 0.399 e. The highest BCUT2D eigenvalue weighted by molar-refractivity contribution is 6.05. The zero-order valence-electron chi connectivity index (χ0n) is 12.8. The van der Waals surface area contributed by atoms with Gasteiger partial charge >= 0.3 is 0 Å². The van der Waals surface area contributed by atoms with Crippen LogP contribution in [0.25, 0.3) is 0 Å². The Balaban J connectivity index is 2.37. The lowest BCUT2D eigenvalue weighted by Gasteiger charge is -2.22. The van der Waals surface area contributed by atoms with Gasteiger partial charge in [-0.3, -0.25) is 9.48 Å². The molecule has 0 bridgehead atoms. The van der Waals surface area contributed by atoms with Crippen LogP contribution in [0.2, 0.25) is 0 Å². The van der Waals surface area contributed by atoms with E-state index in [1.165, 1.54) is 0 Å². The van der Waals surface area contributed by atoms with Crippen LogP contribution in [0.5, 0.6) is 0 Å². The number of nitrogen functional groups attached to an aromatic ring is 1. The van der Waals surface area contributed by atoms with Gasteiger partial charge in [-0.2, -0.15) is 5.10 Å². The third-order valence-electron chi connectivity index (χ3n) is 3.32. The molecule has 112 valence electrons. The van der Waals surface area contributed by atoms with Gasteiger partial charge in [0.2, 0.25) is 0 Å². The van der Waals surface area contributed by atoms with Gasteiger partial charge < -0.3 is 10.6 Å². The third kappa shape index (κ3) is 3.24. The fourth-order valence-electron chi connectivity index (χ4n) is 2.32. The predicted molar refractivity (Wildman–Crippen MR) is 85.5 cm³/mol. The lowest BCUT2D eigenvalue weighted by molar-refractivity contribution is 0.0976. The van der Waals surface area contributed by atoms with Gasteiger partial charge in [0, 0.05) is 24.5 Å². The zero-order valence-corrected chi connectivity index (χ0v) is 12.8. The maximum absolute atomic E-state index is 12.8. The van der Waals surface area contributed by atoms with Crippen molar-refractivity contribution in [1.82, 2.24) is 9.78 Å². The number of carbonyl (C=O) groups excluding carboxylic acids is 1. The highest BCUT2D eigenvalue weighted by Gasteiger charge is 2.21. The van der Waals surface area contributed by atoms with E-state index in [1.807, 2.05) is 44.2 Å². The number of aryl methyl sites for hydroxylation is 2. The molecule has 0 spiro atoms. The van der Waals surface area contributed by atoms with Crippen LogP contribution >= 0.6 is 0 Å². The summed E-state index contributed by atoms with van der Waals surface area (Å²) in [6.07, 6.45) is 0.884. The number of nitrogens with zero attached hydrogens (tertiary/aromatic N) is 3. The summed E-state index contributed by atoms with van der Waals surface area (Å²) in [5.74, 6) is -0.0240. The zero-order chi connectivity index (χ0) is 15.4. The summed E-state index contributed by atoms with van der Waals surface area (Å²) in [5, 5.41) is 4.35. The molecule has 0 aliphatic rings. The molecule has 0 unspecified atom stereocenters. The number of aromatic nitrogens is 2. The van der Waals surface area contributed by atoms with Crippen LogP contribution in [0.1, 0.15) is 36.5 Å². The van der Waals surface area contributed by atoms with Crippen molar-refractivity contribution < 1.29 is 4.79 Å². The van der Waals surface area contributed by atoms with E-state index in [0.717, 1.165) is 17.8 Å². The van der Waals surface area contributed by atoms with Crippen LogP contribution in [0.3, 0.4) is 0 Å². The Hall–Kier alpha value is -2.30. The lowest BCUT2D eigenvalue weighted by atomic mass is 10.2. The Morgan fingerprint density at radius 3 is 2.52 bits per heavy atom. The Morgan fingerprint density at radius 1 is 1.29 bits per heavy atom. The van der Waals surface area contributed by atoms with E-state index in [4.69, 9.17) is 5.73 Å². The molecule has 5 nitrogen and oxygen atoms in total. The van der Waals surface area contributed by atoms with E-state index in [2.05, 4.69) is 12.0 Å². The van der Waals surface area contributed by atoms with Gasteiger partial charge in [-0.15, -0.1) is 0 Å². The van der Waals surface area contributed by atoms with Crippen molar-refractivity contribution in [2.75, 3.05) is 17.2 Å². The van der Waals surface area contributed by atoms with Crippen molar-refractivity contribution in [1.29, 1.82) is 0 Å². The number of anilines is 2. The monoisotopic (exact) mass is 286 g/mol. The Morgan fingerprint density at radius 2 is 1.95 bits per heavy atom. The molecule has 0 aliphatic carbocycles. The standard InChI is InChI=1S/C16H22N4O/c1-4-10-19(14-8-6-13(17)7-9-14)16(21)15-11-12(3)18-20(15)5-2/h6-9,11H,4-5,10,17H2,1-3H3. The molecular weight excluding hydrogens is 264 g/mol. The number of rotatable bonds is 5. The Bertz CT molecular complexity index is 616. The van der Waals surface area contributed by atoms with Crippen LogP contribution in [0.15, 0.2) is 30.3 Å². The fourth-order valence-corrected chi connectivity index (χ4v) is 2.32. The summed E-state index contributed by atoms with van der Waals surface area (Å²) in [6, 6.07) is 9.22. The van der Waals surface area contributed by atoms with Crippen LogP contribution in [-0.4, -0.2) is 22.2 Å². The highest BCUT2D eigenvalue weighted by atomic mass is 16.2. The summed E-state index contributed by atoms with van der Waals surface area (Å²) in [4.78, 5) is 14.6. The van der Waals surface area contributed by atoms with Gasteiger partial charge in [0.25, 0.3) is 5.91 Å². The number of hydrogen-bond donors (Lipinski definition) is 1. The van der Waals surface area contributed by atoms with Crippen molar-refractivity contribution in [2.24, 2.45) is 0 Å². The first-order valence-corrected chi connectivity index (χ1v) is 7.28. The molecule has 5 heteroatoms. The smallest absolute Gasteiger partial charge is 0.276 e. The van der Waals surface area contributed by atoms with Crippen molar-refractivity contribution >= 4 is 17.3 Å². The fraction of sp³-hybridized carbons (Fsp3) is 0.375. The van der Waals surface area contributed by atoms with Crippen molar-refractivity contribution in [3.8, 4) is 0 Å². The minimum Gasteiger partial charge on any atom is -0.399 e. The van der Waals surface area contributed by atoms with Gasteiger partial charge in [-0.25, -0.2) is 0 Å². The topological polar surface area (TPSA) is 64.2 Å². The lowest BCUT2D eigenvalue weighted by Crippen LogP contribution is -2.33. The van der Waals surface area contributed by atoms with Crippen LogP contribution in [0, 0.1) is 6.92 Å². The summed E-state index contributed by atoms with van der Waals surface area (Å²) in [7, 11) is 0. The van der Waals surface area contributed by atoms with Gasteiger partial charge in [0.1, 0.15) is 5.69 Å². The van der Waals surface area contributed by atoms with E-state index in [-0.39, 0.29) is 5.91 Å². The average molecular weight is 286 g/mol. The molecule has 1 aromatic carbocycles. The number of benzene rings is 1. The van der Waals surface area contributed by atoms with E-state index in [1.54, 1.807) is 9.58 Å². The van der Waals surface area contributed by atoms with E-state index >= 15 is 0 Å². The number of carbonyl (C=O) groups is 1. The number of hydrogen-bond acceptors (Lipinski definition) is 3. The molecule has 0 atom stereocenters. The summed E-state index contributed by atoms with van der Waals surface area (Å²) < 4.78 is 1.75. The van der Waals surface area contributed by atoms with Gasteiger partial charge in [-0.05, 0) is 50.6 Å². The van der Waals surface area contributed by atoms with Crippen molar-refractivity contribution in [2.45, 2.75) is 33.7 Å². The molecule has 0 saturated carbocycles. The second-order valence-corrected chi connectivity index (χ2v) is 5.04. The molecule has 2 rings (SSSR count). The summed E-state index contributed by atoms with van der Waals surface area (Å²) in [5.41, 5.74) is 8.75. The highest BCUT2D eigenvalue weighted by Crippen LogP contribution is 2.20. The molecule has 1 heterocycles. The molecule has 1 aromatic heterocycles. The van der Waals surface area contributed by atoms with Gasteiger partial charge in [-0.1, -0.05) is 6.92 Å². The summed E-state index contributed by atoms with van der Waals surface area (Å²) >= 11 is 0. The summed E-state index contributed by atoms with van der Waals surface area (Å²) in [6.45, 7) is 7.28. The maximum atomic E-state index is 12.8. The van der Waals surface area contributed by atoms with Crippen molar-refractivity contribution in [3.63, 3.8) is 0 Å². The maximum Gasteiger partial charge on any atom is 0.276 e. The normalized spacial score (nSPS) is 10.6. The molecule has 0 aliphatic heterocycles. The SMILES string of the molecule is CCCN(C(=O)c1cc(C)nn1CC)c1ccc(N)cc1. The molecule has 0 fully saturated rings. The third-order valence-corrected chi connectivity index (χ3v) is 3.32. The minimum absolute atomic E-state index is 0.0240.